The first-order chi connectivity index (χ1) is 6.51. The third-order valence-corrected chi connectivity index (χ3v) is 3.39. The van der Waals surface area contributed by atoms with E-state index in [1.165, 1.54) is 0 Å². The molecule has 0 aromatic carbocycles. The standard InChI is InChI=1S/C8H8O6/c9-4(10)6(5(11)12)2-1-3-7-8(6,13-7)14-7/h1-3H2,(H,9,10)(H,11,12). The molecule has 0 aromatic heterocycles. The summed E-state index contributed by atoms with van der Waals surface area (Å²) in [6.07, 6.45) is 1.16. The van der Waals surface area contributed by atoms with Crippen LogP contribution < -0.4 is 0 Å². The molecule has 1 aliphatic carbocycles. The summed E-state index contributed by atoms with van der Waals surface area (Å²) in [6.45, 7) is 0. The minimum atomic E-state index is -1.90. The summed E-state index contributed by atoms with van der Waals surface area (Å²) in [6, 6.07) is 0. The van der Waals surface area contributed by atoms with Crippen LogP contribution in [0, 0.1) is 5.41 Å². The molecule has 3 aliphatic rings. The molecule has 3 fully saturated rings. The molecule has 2 N–H and O–H groups in total. The number of hydrogen-bond donors (Lipinski definition) is 2. The lowest BCUT2D eigenvalue weighted by Crippen LogP contribution is -2.48. The first kappa shape index (κ1) is 8.19. The van der Waals surface area contributed by atoms with Gasteiger partial charge in [0.25, 0.3) is 5.79 Å². The first-order valence-corrected chi connectivity index (χ1v) is 4.38. The van der Waals surface area contributed by atoms with Crippen LogP contribution in [0.5, 0.6) is 0 Å². The highest BCUT2D eigenvalue weighted by Crippen LogP contribution is 2.80. The van der Waals surface area contributed by atoms with Crippen molar-refractivity contribution in [1.29, 1.82) is 0 Å². The topological polar surface area (TPSA) is 99.7 Å². The SMILES string of the molecule is O=C(O)C1(C(=O)O)CCCC23OC21O3. The minimum Gasteiger partial charge on any atom is -0.480 e. The van der Waals surface area contributed by atoms with E-state index in [4.69, 9.17) is 19.7 Å². The molecule has 3 rings (SSSR count). The van der Waals surface area contributed by atoms with Gasteiger partial charge in [-0.25, -0.2) is 0 Å². The fourth-order valence-electron chi connectivity index (χ4n) is 2.52. The van der Waals surface area contributed by atoms with E-state index in [9.17, 15) is 9.59 Å². The lowest BCUT2D eigenvalue weighted by atomic mass is 9.74. The number of hydrogen-bond acceptors (Lipinski definition) is 4. The zero-order valence-corrected chi connectivity index (χ0v) is 7.15. The highest BCUT2D eigenvalue weighted by Gasteiger charge is 3.01. The average Bonchev–Trinajstić information content (AvgIpc) is 2.85. The fraction of sp³-hybridized carbons (Fsp3) is 0.750. The molecule has 2 aliphatic heterocycles. The van der Waals surface area contributed by atoms with Crippen molar-refractivity contribution in [2.75, 3.05) is 0 Å². The van der Waals surface area contributed by atoms with Gasteiger partial charge in [-0.05, 0) is 12.8 Å². The van der Waals surface area contributed by atoms with Crippen molar-refractivity contribution < 1.29 is 29.3 Å². The van der Waals surface area contributed by atoms with Gasteiger partial charge in [-0.2, -0.15) is 0 Å². The van der Waals surface area contributed by atoms with Gasteiger partial charge in [0, 0.05) is 6.42 Å². The molecule has 2 heterocycles. The Bertz CT molecular complexity index is 339. The van der Waals surface area contributed by atoms with Gasteiger partial charge in [-0.1, -0.05) is 0 Å². The van der Waals surface area contributed by atoms with Gasteiger partial charge in [0.05, 0.1) is 0 Å². The minimum absolute atomic E-state index is 0.0689. The number of aliphatic carboxylic acids is 2. The Labute approximate surface area is 78.4 Å². The Morgan fingerprint density at radius 1 is 1.07 bits per heavy atom. The molecule has 0 radical (unpaired) electrons. The Morgan fingerprint density at radius 2 is 1.64 bits per heavy atom. The van der Waals surface area contributed by atoms with Crippen molar-refractivity contribution in [3.63, 3.8) is 0 Å². The molecule has 0 aromatic rings. The normalized spacial score (nSPS) is 46.0. The molecule has 0 bridgehead atoms. The van der Waals surface area contributed by atoms with Gasteiger partial charge in [0.1, 0.15) is 0 Å². The Balaban J connectivity index is 2.09. The van der Waals surface area contributed by atoms with Crippen LogP contribution in [0.4, 0.5) is 0 Å². The maximum atomic E-state index is 11.0. The summed E-state index contributed by atoms with van der Waals surface area (Å²) in [5, 5.41) is 18.0. The van der Waals surface area contributed by atoms with Gasteiger partial charge < -0.3 is 19.7 Å². The van der Waals surface area contributed by atoms with Crippen LogP contribution in [0.2, 0.25) is 0 Å². The summed E-state index contributed by atoms with van der Waals surface area (Å²) in [4.78, 5) is 22.1. The predicted octanol–water partition coefficient (Wildman–Crippen LogP) is -0.221. The molecule has 6 heteroatoms. The molecular weight excluding hydrogens is 192 g/mol. The molecular formula is C8H8O6. The Kier molecular flexibility index (Phi) is 1.05. The van der Waals surface area contributed by atoms with Crippen LogP contribution in [0.25, 0.3) is 0 Å². The fourth-order valence-corrected chi connectivity index (χ4v) is 2.52. The van der Waals surface area contributed by atoms with E-state index in [1.807, 2.05) is 0 Å². The third-order valence-electron chi connectivity index (χ3n) is 3.39. The van der Waals surface area contributed by atoms with E-state index < -0.39 is 28.9 Å². The summed E-state index contributed by atoms with van der Waals surface area (Å²) in [5.41, 5.74) is -1.90. The monoisotopic (exact) mass is 200 g/mol. The van der Waals surface area contributed by atoms with Crippen molar-refractivity contribution in [2.24, 2.45) is 5.41 Å². The van der Waals surface area contributed by atoms with Crippen molar-refractivity contribution in [3.05, 3.63) is 0 Å². The predicted molar refractivity (Wildman–Crippen MR) is 39.2 cm³/mol. The third kappa shape index (κ3) is 0.525. The van der Waals surface area contributed by atoms with Crippen LogP contribution in [0.15, 0.2) is 0 Å². The molecule has 0 spiro atoms. The quantitative estimate of drug-likeness (QED) is 0.472. The summed E-state index contributed by atoms with van der Waals surface area (Å²) >= 11 is 0. The van der Waals surface area contributed by atoms with Gasteiger partial charge in [-0.15, -0.1) is 0 Å². The molecule has 6 nitrogen and oxygen atoms in total. The second-order valence-corrected chi connectivity index (χ2v) is 3.94. The number of rotatable bonds is 2. The molecule has 14 heavy (non-hydrogen) atoms. The van der Waals surface area contributed by atoms with E-state index in [2.05, 4.69) is 0 Å². The van der Waals surface area contributed by atoms with Crippen LogP contribution >= 0.6 is 0 Å². The Hall–Kier alpha value is -1.14. The highest BCUT2D eigenvalue weighted by atomic mass is 17.0. The summed E-state index contributed by atoms with van der Waals surface area (Å²) in [5.74, 6) is -4.97. The number of carbonyl (C=O) groups is 2. The van der Waals surface area contributed by atoms with E-state index in [-0.39, 0.29) is 6.42 Å². The van der Waals surface area contributed by atoms with Crippen LogP contribution in [0.3, 0.4) is 0 Å². The molecule has 76 valence electrons. The zero-order valence-electron chi connectivity index (χ0n) is 7.15. The summed E-state index contributed by atoms with van der Waals surface area (Å²) < 4.78 is 10.2. The second-order valence-electron chi connectivity index (χ2n) is 3.94. The number of carboxylic acid groups (broad SMARTS) is 2. The second kappa shape index (κ2) is 1.80. The zero-order chi connectivity index (χ0) is 10.2. The highest BCUT2D eigenvalue weighted by molar-refractivity contribution is 6.01. The first-order valence-electron chi connectivity index (χ1n) is 4.38. The van der Waals surface area contributed by atoms with E-state index >= 15 is 0 Å². The lowest BCUT2D eigenvalue weighted by molar-refractivity contribution is -0.188. The van der Waals surface area contributed by atoms with E-state index in [0.717, 1.165) is 0 Å². The summed E-state index contributed by atoms with van der Waals surface area (Å²) in [7, 11) is 0. The molecule has 1 saturated carbocycles. The van der Waals surface area contributed by atoms with Crippen LogP contribution in [-0.4, -0.2) is 33.7 Å². The Morgan fingerprint density at radius 3 is 2.07 bits per heavy atom. The molecule has 0 unspecified atom stereocenters. The van der Waals surface area contributed by atoms with Crippen molar-refractivity contribution in [3.8, 4) is 0 Å². The van der Waals surface area contributed by atoms with Crippen molar-refractivity contribution in [2.45, 2.75) is 30.8 Å². The van der Waals surface area contributed by atoms with Crippen LogP contribution in [0.1, 0.15) is 19.3 Å². The van der Waals surface area contributed by atoms with E-state index in [1.54, 1.807) is 0 Å². The largest absolute Gasteiger partial charge is 0.480 e. The van der Waals surface area contributed by atoms with Crippen LogP contribution in [-0.2, 0) is 19.1 Å². The van der Waals surface area contributed by atoms with Gasteiger partial charge in [-0.3, -0.25) is 9.59 Å². The van der Waals surface area contributed by atoms with Gasteiger partial charge in [0.15, 0.2) is 0 Å². The smallest absolute Gasteiger partial charge is 0.326 e. The molecule has 0 amide bonds. The maximum absolute atomic E-state index is 11.0. The van der Waals surface area contributed by atoms with Gasteiger partial charge >= 0.3 is 11.9 Å². The number of carboxylic acids is 2. The van der Waals surface area contributed by atoms with Gasteiger partial charge in [0.2, 0.25) is 11.2 Å². The van der Waals surface area contributed by atoms with E-state index in [0.29, 0.717) is 12.8 Å². The lowest BCUT2D eigenvalue weighted by Gasteiger charge is -2.24. The molecule has 0 atom stereocenters. The van der Waals surface area contributed by atoms with Crippen molar-refractivity contribution in [1.82, 2.24) is 0 Å². The number of epoxide rings is 2. The average molecular weight is 200 g/mol. The van der Waals surface area contributed by atoms with Crippen molar-refractivity contribution >= 4 is 11.9 Å². The molecule has 2 saturated heterocycles. The number of ether oxygens (including phenoxy) is 2. The maximum Gasteiger partial charge on any atom is 0.326 e.